The number of thioether (sulfide) groups is 1. The van der Waals surface area contributed by atoms with E-state index in [-0.39, 0.29) is 23.0 Å². The summed E-state index contributed by atoms with van der Waals surface area (Å²) in [5, 5.41) is 16.6. The number of carbonyl (C=O) groups is 1. The topological polar surface area (TPSA) is 92.1 Å². The summed E-state index contributed by atoms with van der Waals surface area (Å²) in [6, 6.07) is 9.39. The van der Waals surface area contributed by atoms with Crippen molar-refractivity contribution in [2.75, 3.05) is 13.1 Å². The Balaban J connectivity index is 1.33. The van der Waals surface area contributed by atoms with Crippen LogP contribution in [0.3, 0.4) is 0 Å². The van der Waals surface area contributed by atoms with E-state index in [4.69, 9.17) is 11.6 Å². The zero-order valence-corrected chi connectivity index (χ0v) is 23.7. The number of rotatable bonds is 4. The number of amidine groups is 1. The van der Waals surface area contributed by atoms with Gasteiger partial charge in [0, 0.05) is 29.5 Å². The Hall–Kier alpha value is -3.64. The van der Waals surface area contributed by atoms with E-state index in [2.05, 4.69) is 34.9 Å². The van der Waals surface area contributed by atoms with Gasteiger partial charge in [0.25, 0.3) is 5.91 Å². The number of likely N-dealkylation sites (tertiary alicyclic amines) is 1. The Morgan fingerprint density at radius 3 is 2.54 bits per heavy atom. The van der Waals surface area contributed by atoms with Gasteiger partial charge in [-0.15, -0.1) is 10.2 Å². The van der Waals surface area contributed by atoms with Crippen LogP contribution in [-0.2, 0) is 17.4 Å². The minimum Gasteiger partial charge on any atom is -0.351 e. The smallest absolute Gasteiger partial charge is 0.351 e. The summed E-state index contributed by atoms with van der Waals surface area (Å²) in [7, 11) is 0. The first-order chi connectivity index (χ1) is 19.6. The van der Waals surface area contributed by atoms with Crippen molar-refractivity contribution in [1.82, 2.24) is 29.9 Å². The van der Waals surface area contributed by atoms with Crippen molar-refractivity contribution in [3.63, 3.8) is 0 Å². The van der Waals surface area contributed by atoms with E-state index in [1.807, 2.05) is 19.9 Å². The number of aromatic amines is 1. The zero-order valence-electron chi connectivity index (χ0n) is 22.2. The van der Waals surface area contributed by atoms with Crippen LogP contribution in [0.25, 0.3) is 16.5 Å². The predicted molar refractivity (Wildman–Crippen MR) is 153 cm³/mol. The number of nitrogens with zero attached hydrogens (tertiary/aromatic N) is 6. The fourth-order valence-electron chi connectivity index (χ4n) is 5.54. The number of benzene rings is 2. The molecule has 1 N–H and O–H groups in total. The van der Waals surface area contributed by atoms with E-state index in [1.165, 1.54) is 23.9 Å². The molecule has 6 rings (SSSR count). The van der Waals surface area contributed by atoms with Gasteiger partial charge in [0.2, 0.25) is 0 Å². The molecule has 41 heavy (non-hydrogen) atoms. The van der Waals surface area contributed by atoms with Crippen molar-refractivity contribution >= 4 is 50.9 Å². The lowest BCUT2D eigenvalue weighted by molar-refractivity contribution is -0.138. The van der Waals surface area contributed by atoms with Crippen LogP contribution in [0.5, 0.6) is 0 Å². The second-order valence-corrected chi connectivity index (χ2v) is 11.6. The zero-order chi connectivity index (χ0) is 28.9. The Bertz CT molecular complexity index is 1700. The lowest BCUT2D eigenvalue weighted by Gasteiger charge is -2.34. The van der Waals surface area contributed by atoms with E-state index in [0.717, 1.165) is 41.5 Å². The summed E-state index contributed by atoms with van der Waals surface area (Å²) in [4.78, 5) is 20.1. The maximum absolute atomic E-state index is 14.0. The fraction of sp³-hybridized carbons (Fsp3) is 0.321. The molecule has 1 amide bonds. The highest BCUT2D eigenvalue weighted by Gasteiger charge is 2.36. The number of hydrogen-bond acceptors (Lipinski definition) is 6. The minimum atomic E-state index is -4.61. The van der Waals surface area contributed by atoms with Crippen molar-refractivity contribution in [2.24, 2.45) is 4.99 Å². The summed E-state index contributed by atoms with van der Waals surface area (Å²) >= 11 is 7.15. The normalized spacial score (nSPS) is 18.0. The SMILES string of the molecule is Cc1nnc(C)n1C1CCN(C2=NC(=O)C(=C(Cc3ccc(Cl)cc3C(F)(F)F)c3ccc4[nH]ncc4c3)S2)CC1. The maximum Gasteiger partial charge on any atom is 0.416 e. The number of hydrogen-bond donors (Lipinski definition) is 1. The van der Waals surface area contributed by atoms with Crippen molar-refractivity contribution in [3.8, 4) is 0 Å². The van der Waals surface area contributed by atoms with Crippen LogP contribution in [-0.4, -0.2) is 54.0 Å². The number of H-pyrrole nitrogens is 1. The molecule has 0 atom stereocenters. The van der Waals surface area contributed by atoms with Gasteiger partial charge in [-0.1, -0.05) is 23.7 Å². The van der Waals surface area contributed by atoms with E-state index < -0.39 is 17.6 Å². The van der Waals surface area contributed by atoms with Crippen LogP contribution in [0.15, 0.2) is 52.5 Å². The molecule has 1 fully saturated rings. The molecule has 0 aliphatic carbocycles. The number of fused-ring (bicyclic) bond motifs is 1. The molecule has 4 heterocycles. The third-order valence-electron chi connectivity index (χ3n) is 7.53. The van der Waals surface area contributed by atoms with E-state index >= 15 is 0 Å². The highest BCUT2D eigenvalue weighted by molar-refractivity contribution is 8.18. The molecule has 2 aliphatic heterocycles. The third-order valence-corrected chi connectivity index (χ3v) is 8.92. The summed E-state index contributed by atoms with van der Waals surface area (Å²) in [5.41, 5.74) is 1.08. The Kier molecular flexibility index (Phi) is 7.14. The van der Waals surface area contributed by atoms with Crippen LogP contribution in [0.4, 0.5) is 13.2 Å². The molecule has 2 aliphatic rings. The number of nitrogens with one attached hydrogen (secondary N) is 1. The van der Waals surface area contributed by atoms with Gasteiger partial charge in [-0.05, 0) is 85.8 Å². The molecule has 0 unspecified atom stereocenters. The highest BCUT2D eigenvalue weighted by atomic mass is 35.5. The van der Waals surface area contributed by atoms with Gasteiger partial charge in [-0.3, -0.25) is 9.89 Å². The number of carbonyl (C=O) groups excluding carboxylic acids is 1. The first-order valence-corrected chi connectivity index (χ1v) is 14.2. The number of aryl methyl sites for hydroxylation is 2. The Labute approximate surface area is 242 Å². The molecule has 0 spiro atoms. The van der Waals surface area contributed by atoms with Crippen molar-refractivity contribution < 1.29 is 18.0 Å². The average molecular weight is 600 g/mol. The van der Waals surface area contributed by atoms with Crippen LogP contribution < -0.4 is 0 Å². The van der Waals surface area contributed by atoms with Gasteiger partial charge >= 0.3 is 6.18 Å². The second kappa shape index (κ2) is 10.6. The lowest BCUT2D eigenvalue weighted by atomic mass is 9.93. The van der Waals surface area contributed by atoms with E-state index in [9.17, 15) is 18.0 Å². The highest BCUT2D eigenvalue weighted by Crippen LogP contribution is 2.41. The van der Waals surface area contributed by atoms with Crippen LogP contribution >= 0.6 is 23.4 Å². The fourth-order valence-corrected chi connectivity index (χ4v) is 6.78. The molecule has 0 radical (unpaired) electrons. The van der Waals surface area contributed by atoms with Crippen LogP contribution in [0.1, 0.15) is 47.2 Å². The molecule has 0 saturated carbocycles. The van der Waals surface area contributed by atoms with Gasteiger partial charge in [0.05, 0.1) is 22.2 Å². The molecule has 2 aromatic carbocycles. The van der Waals surface area contributed by atoms with Crippen LogP contribution in [0.2, 0.25) is 5.02 Å². The predicted octanol–water partition coefficient (Wildman–Crippen LogP) is 6.36. The standard InChI is InChI=1S/C28H25ClF3N7OS/c1-15-35-36-16(2)39(15)21-7-9-38(10-8-21)27-34-26(40)25(41-27)22(17-4-6-24-19(11-17)14-33-37-24)12-18-3-5-20(29)13-23(18)28(30,31)32/h3-6,11,13-14,21H,7-10,12H2,1-2H3,(H,33,37). The summed E-state index contributed by atoms with van der Waals surface area (Å²) in [6.45, 7) is 5.23. The molecule has 4 aromatic rings. The number of alkyl halides is 3. The van der Waals surface area contributed by atoms with E-state index in [1.54, 1.807) is 18.3 Å². The van der Waals surface area contributed by atoms with Crippen molar-refractivity contribution in [1.29, 1.82) is 0 Å². The summed E-state index contributed by atoms with van der Waals surface area (Å²) < 4.78 is 44.1. The molecule has 212 valence electrons. The quantitative estimate of drug-likeness (QED) is 0.274. The molecule has 13 heteroatoms. The number of allylic oxidation sites excluding steroid dienone is 1. The average Bonchev–Trinajstić information content (AvgIpc) is 3.65. The number of amides is 1. The first-order valence-electron chi connectivity index (χ1n) is 13.0. The third kappa shape index (κ3) is 5.38. The Morgan fingerprint density at radius 2 is 1.83 bits per heavy atom. The summed E-state index contributed by atoms with van der Waals surface area (Å²) in [6.07, 6.45) is -1.43. The number of halogens is 4. The van der Waals surface area contributed by atoms with Crippen molar-refractivity contribution in [2.45, 2.75) is 45.3 Å². The van der Waals surface area contributed by atoms with Crippen LogP contribution in [0, 0.1) is 13.8 Å². The van der Waals surface area contributed by atoms with Gasteiger partial charge in [0.1, 0.15) is 11.6 Å². The van der Waals surface area contributed by atoms with Gasteiger partial charge in [0.15, 0.2) is 5.17 Å². The van der Waals surface area contributed by atoms with Crippen molar-refractivity contribution in [3.05, 3.63) is 80.9 Å². The second-order valence-electron chi connectivity index (χ2n) is 10.1. The molecule has 2 aromatic heterocycles. The molecule has 0 bridgehead atoms. The largest absolute Gasteiger partial charge is 0.416 e. The van der Waals surface area contributed by atoms with Gasteiger partial charge in [-0.25, -0.2) is 0 Å². The maximum atomic E-state index is 14.0. The minimum absolute atomic E-state index is 0.00713. The first kappa shape index (κ1) is 27.5. The molecule has 8 nitrogen and oxygen atoms in total. The van der Waals surface area contributed by atoms with Gasteiger partial charge in [-0.2, -0.15) is 23.3 Å². The monoisotopic (exact) mass is 599 g/mol. The number of piperidine rings is 1. The Morgan fingerprint density at radius 1 is 1.10 bits per heavy atom. The molecular weight excluding hydrogens is 575 g/mol. The number of aliphatic imine (C=N–C) groups is 1. The van der Waals surface area contributed by atoms with Gasteiger partial charge < -0.3 is 9.47 Å². The lowest BCUT2D eigenvalue weighted by Crippen LogP contribution is -2.37. The summed E-state index contributed by atoms with van der Waals surface area (Å²) in [5.74, 6) is 1.28. The van der Waals surface area contributed by atoms with E-state index in [0.29, 0.717) is 34.3 Å². The molecule has 1 saturated heterocycles. The number of aromatic nitrogens is 5. The molecular formula is C28H25ClF3N7OS.